The van der Waals surface area contributed by atoms with E-state index in [1.165, 1.54) is 0 Å². The predicted octanol–water partition coefficient (Wildman–Crippen LogP) is 3.25. The molecule has 0 atom stereocenters. The Balaban J connectivity index is 2.20. The SMILES string of the molecule is Cc1cc(Oc2ccccc2)ccc1CN. The lowest BCUT2D eigenvalue weighted by Crippen LogP contribution is -1.98. The summed E-state index contributed by atoms with van der Waals surface area (Å²) in [6.45, 7) is 2.61. The van der Waals surface area contributed by atoms with Crippen LogP contribution in [0.4, 0.5) is 0 Å². The summed E-state index contributed by atoms with van der Waals surface area (Å²) < 4.78 is 5.72. The van der Waals surface area contributed by atoms with Crippen molar-refractivity contribution in [1.29, 1.82) is 0 Å². The number of benzene rings is 2. The maximum atomic E-state index is 5.72. The highest BCUT2D eigenvalue weighted by Crippen LogP contribution is 2.23. The van der Waals surface area contributed by atoms with Gasteiger partial charge in [-0.2, -0.15) is 0 Å². The van der Waals surface area contributed by atoms with Crippen LogP contribution in [0.25, 0.3) is 0 Å². The third-order valence-corrected chi connectivity index (χ3v) is 2.51. The first-order valence-electron chi connectivity index (χ1n) is 5.32. The number of hydrogen-bond acceptors (Lipinski definition) is 2. The molecule has 0 amide bonds. The van der Waals surface area contributed by atoms with Crippen LogP contribution in [0.3, 0.4) is 0 Å². The smallest absolute Gasteiger partial charge is 0.127 e. The molecule has 16 heavy (non-hydrogen) atoms. The second-order valence-corrected chi connectivity index (χ2v) is 3.71. The highest BCUT2D eigenvalue weighted by atomic mass is 16.5. The Labute approximate surface area is 95.7 Å². The van der Waals surface area contributed by atoms with Crippen molar-refractivity contribution in [3.8, 4) is 11.5 Å². The summed E-state index contributed by atoms with van der Waals surface area (Å²) in [5.74, 6) is 1.70. The van der Waals surface area contributed by atoms with E-state index in [1.54, 1.807) is 0 Å². The van der Waals surface area contributed by atoms with E-state index in [0.29, 0.717) is 6.54 Å². The van der Waals surface area contributed by atoms with Crippen LogP contribution in [-0.2, 0) is 6.54 Å². The summed E-state index contributed by atoms with van der Waals surface area (Å²) in [5.41, 5.74) is 7.93. The summed E-state index contributed by atoms with van der Waals surface area (Å²) in [4.78, 5) is 0. The van der Waals surface area contributed by atoms with E-state index in [0.717, 1.165) is 22.6 Å². The van der Waals surface area contributed by atoms with Crippen molar-refractivity contribution in [3.63, 3.8) is 0 Å². The van der Waals surface area contributed by atoms with E-state index in [1.807, 2.05) is 55.5 Å². The van der Waals surface area contributed by atoms with Gasteiger partial charge >= 0.3 is 0 Å². The van der Waals surface area contributed by atoms with Crippen LogP contribution >= 0.6 is 0 Å². The van der Waals surface area contributed by atoms with Gasteiger partial charge in [0.05, 0.1) is 0 Å². The van der Waals surface area contributed by atoms with Gasteiger partial charge in [0.15, 0.2) is 0 Å². The molecule has 2 aromatic rings. The molecule has 2 aromatic carbocycles. The maximum Gasteiger partial charge on any atom is 0.127 e. The average Bonchev–Trinajstić information content (AvgIpc) is 2.31. The molecule has 0 aliphatic carbocycles. The topological polar surface area (TPSA) is 35.2 Å². The van der Waals surface area contributed by atoms with Crippen molar-refractivity contribution in [2.45, 2.75) is 13.5 Å². The van der Waals surface area contributed by atoms with Gasteiger partial charge in [0.1, 0.15) is 11.5 Å². The van der Waals surface area contributed by atoms with Gasteiger partial charge in [0.25, 0.3) is 0 Å². The molecule has 0 aliphatic heterocycles. The third-order valence-electron chi connectivity index (χ3n) is 2.51. The second kappa shape index (κ2) is 4.81. The normalized spacial score (nSPS) is 10.1. The minimum atomic E-state index is 0.567. The van der Waals surface area contributed by atoms with E-state index >= 15 is 0 Å². The van der Waals surface area contributed by atoms with E-state index < -0.39 is 0 Å². The van der Waals surface area contributed by atoms with Gasteiger partial charge in [-0.25, -0.2) is 0 Å². The van der Waals surface area contributed by atoms with Crippen molar-refractivity contribution in [3.05, 3.63) is 59.7 Å². The molecular formula is C14H15NO. The van der Waals surface area contributed by atoms with Gasteiger partial charge in [-0.3, -0.25) is 0 Å². The molecule has 0 heterocycles. The Morgan fingerprint density at radius 2 is 1.75 bits per heavy atom. The summed E-state index contributed by atoms with van der Waals surface area (Å²) in [6.07, 6.45) is 0. The Morgan fingerprint density at radius 3 is 2.38 bits per heavy atom. The number of rotatable bonds is 3. The van der Waals surface area contributed by atoms with Crippen molar-refractivity contribution >= 4 is 0 Å². The van der Waals surface area contributed by atoms with Crippen LogP contribution in [0.15, 0.2) is 48.5 Å². The van der Waals surface area contributed by atoms with Crippen molar-refractivity contribution in [2.75, 3.05) is 0 Å². The molecule has 2 N–H and O–H groups in total. The lowest BCUT2D eigenvalue weighted by Gasteiger charge is -2.08. The summed E-state index contributed by atoms with van der Waals surface area (Å²) >= 11 is 0. The number of para-hydroxylation sites is 1. The molecule has 0 spiro atoms. The quantitative estimate of drug-likeness (QED) is 0.849. The van der Waals surface area contributed by atoms with E-state index in [9.17, 15) is 0 Å². The Bertz CT molecular complexity index is 465. The molecule has 2 nitrogen and oxygen atoms in total. The zero-order valence-electron chi connectivity index (χ0n) is 9.31. The largest absolute Gasteiger partial charge is 0.457 e. The first-order valence-corrected chi connectivity index (χ1v) is 5.32. The number of hydrogen-bond donors (Lipinski definition) is 1. The first kappa shape index (κ1) is 10.7. The zero-order chi connectivity index (χ0) is 11.4. The number of nitrogens with two attached hydrogens (primary N) is 1. The van der Waals surface area contributed by atoms with E-state index in [-0.39, 0.29) is 0 Å². The molecule has 0 bridgehead atoms. The molecule has 0 radical (unpaired) electrons. The zero-order valence-corrected chi connectivity index (χ0v) is 9.31. The van der Waals surface area contributed by atoms with E-state index in [4.69, 9.17) is 10.5 Å². The van der Waals surface area contributed by atoms with Gasteiger partial charge < -0.3 is 10.5 Å². The average molecular weight is 213 g/mol. The van der Waals surface area contributed by atoms with Crippen LogP contribution in [0, 0.1) is 6.92 Å². The molecule has 82 valence electrons. The minimum Gasteiger partial charge on any atom is -0.457 e. The molecule has 0 unspecified atom stereocenters. The Kier molecular flexibility index (Phi) is 3.22. The lowest BCUT2D eigenvalue weighted by molar-refractivity contribution is 0.482. The monoisotopic (exact) mass is 213 g/mol. The summed E-state index contributed by atoms with van der Waals surface area (Å²) in [6, 6.07) is 15.7. The maximum absolute atomic E-state index is 5.72. The summed E-state index contributed by atoms with van der Waals surface area (Å²) in [7, 11) is 0. The highest BCUT2D eigenvalue weighted by molar-refractivity contribution is 5.37. The van der Waals surface area contributed by atoms with Crippen LogP contribution in [0.2, 0.25) is 0 Å². The van der Waals surface area contributed by atoms with Gasteiger partial charge in [0, 0.05) is 6.54 Å². The molecule has 0 saturated carbocycles. The van der Waals surface area contributed by atoms with Crippen LogP contribution in [-0.4, -0.2) is 0 Å². The second-order valence-electron chi connectivity index (χ2n) is 3.71. The Hall–Kier alpha value is -1.80. The highest BCUT2D eigenvalue weighted by Gasteiger charge is 2.00. The predicted molar refractivity (Wildman–Crippen MR) is 65.6 cm³/mol. The lowest BCUT2D eigenvalue weighted by atomic mass is 10.1. The van der Waals surface area contributed by atoms with Gasteiger partial charge in [-0.15, -0.1) is 0 Å². The summed E-state index contributed by atoms with van der Waals surface area (Å²) in [5, 5.41) is 0. The third kappa shape index (κ3) is 2.41. The van der Waals surface area contributed by atoms with Gasteiger partial charge in [0.2, 0.25) is 0 Å². The fourth-order valence-electron chi connectivity index (χ4n) is 1.59. The van der Waals surface area contributed by atoms with Crippen molar-refractivity contribution in [2.24, 2.45) is 5.73 Å². The molecule has 2 rings (SSSR count). The molecule has 0 fully saturated rings. The van der Waals surface area contributed by atoms with Gasteiger partial charge in [-0.05, 0) is 42.3 Å². The molecule has 0 saturated heterocycles. The molecule has 0 aliphatic rings. The first-order chi connectivity index (χ1) is 7.79. The Morgan fingerprint density at radius 1 is 1.00 bits per heavy atom. The molecule has 2 heteroatoms. The number of aryl methyl sites for hydroxylation is 1. The molecule has 0 aromatic heterocycles. The number of ether oxygens (including phenoxy) is 1. The minimum absolute atomic E-state index is 0.567. The fraction of sp³-hybridized carbons (Fsp3) is 0.143. The van der Waals surface area contributed by atoms with E-state index in [2.05, 4.69) is 0 Å². The van der Waals surface area contributed by atoms with Crippen molar-refractivity contribution in [1.82, 2.24) is 0 Å². The fourth-order valence-corrected chi connectivity index (χ4v) is 1.59. The van der Waals surface area contributed by atoms with Crippen molar-refractivity contribution < 1.29 is 4.74 Å². The van der Waals surface area contributed by atoms with Crippen LogP contribution < -0.4 is 10.5 Å². The van der Waals surface area contributed by atoms with Crippen LogP contribution in [0.1, 0.15) is 11.1 Å². The van der Waals surface area contributed by atoms with Gasteiger partial charge in [-0.1, -0.05) is 24.3 Å². The van der Waals surface area contributed by atoms with Crippen LogP contribution in [0.5, 0.6) is 11.5 Å². The standard InChI is InChI=1S/C14H15NO/c1-11-9-14(8-7-12(11)10-15)16-13-5-3-2-4-6-13/h2-9H,10,15H2,1H3. The molecular weight excluding hydrogens is 198 g/mol.